The van der Waals surface area contributed by atoms with Gasteiger partial charge in [-0.2, -0.15) is 0 Å². The number of aromatic nitrogens is 2. The van der Waals surface area contributed by atoms with Crippen molar-refractivity contribution in [3.8, 4) is 5.75 Å². The molecule has 0 spiro atoms. The number of amides is 1. The molecule has 3 aromatic rings. The fraction of sp³-hybridized carbons (Fsp3) is 0.348. The Morgan fingerprint density at radius 2 is 1.82 bits per heavy atom. The van der Waals surface area contributed by atoms with E-state index in [4.69, 9.17) is 4.74 Å². The SMILES string of the molecule is CCC1(CC)C[C@@H](NS(=O)(=O)c2nnc(NC(=O)c3ccc(C)cc3)s2)c2ccccc2O1. The molecule has 4 rings (SSSR count). The molecule has 1 amide bonds. The molecule has 0 unspecified atom stereocenters. The van der Waals surface area contributed by atoms with E-state index in [1.807, 2.05) is 57.2 Å². The zero-order valence-corrected chi connectivity index (χ0v) is 20.3. The number of anilines is 1. The van der Waals surface area contributed by atoms with E-state index in [-0.39, 0.29) is 15.4 Å². The van der Waals surface area contributed by atoms with Gasteiger partial charge in [-0.1, -0.05) is 61.1 Å². The van der Waals surface area contributed by atoms with Gasteiger partial charge in [0.05, 0.1) is 6.04 Å². The summed E-state index contributed by atoms with van der Waals surface area (Å²) >= 11 is 0.811. The number of benzene rings is 2. The first-order valence-electron chi connectivity index (χ1n) is 10.8. The lowest BCUT2D eigenvalue weighted by atomic mass is 9.84. The van der Waals surface area contributed by atoms with Crippen LogP contribution in [0.1, 0.15) is 60.6 Å². The number of hydrogen-bond donors (Lipinski definition) is 2. The number of hydrogen-bond acceptors (Lipinski definition) is 7. The van der Waals surface area contributed by atoms with Crippen LogP contribution in [0, 0.1) is 6.92 Å². The number of carbonyl (C=O) groups excluding carboxylic acids is 1. The van der Waals surface area contributed by atoms with Crippen LogP contribution in [0.25, 0.3) is 0 Å². The van der Waals surface area contributed by atoms with Gasteiger partial charge in [0.1, 0.15) is 11.4 Å². The minimum Gasteiger partial charge on any atom is -0.487 e. The zero-order valence-electron chi connectivity index (χ0n) is 18.7. The Morgan fingerprint density at radius 3 is 2.52 bits per heavy atom. The number of fused-ring (bicyclic) bond motifs is 1. The molecule has 1 aromatic heterocycles. The largest absolute Gasteiger partial charge is 0.487 e. The maximum Gasteiger partial charge on any atom is 0.270 e. The number of rotatable bonds is 7. The van der Waals surface area contributed by atoms with E-state index in [1.165, 1.54) is 0 Å². The van der Waals surface area contributed by atoms with E-state index < -0.39 is 21.7 Å². The Hall–Kier alpha value is -2.82. The quantitative estimate of drug-likeness (QED) is 0.477. The van der Waals surface area contributed by atoms with Gasteiger partial charge in [0.25, 0.3) is 15.9 Å². The Labute approximate surface area is 197 Å². The molecule has 0 radical (unpaired) electrons. The van der Waals surface area contributed by atoms with Crippen LogP contribution < -0.4 is 14.8 Å². The van der Waals surface area contributed by atoms with E-state index in [2.05, 4.69) is 20.2 Å². The number of nitrogens with one attached hydrogen (secondary N) is 2. The van der Waals surface area contributed by atoms with Crippen LogP contribution >= 0.6 is 11.3 Å². The van der Waals surface area contributed by atoms with E-state index >= 15 is 0 Å². The van der Waals surface area contributed by atoms with Gasteiger partial charge < -0.3 is 4.74 Å². The molecule has 2 heterocycles. The molecule has 0 bridgehead atoms. The second-order valence-electron chi connectivity index (χ2n) is 8.10. The topological polar surface area (TPSA) is 110 Å². The highest BCUT2D eigenvalue weighted by Gasteiger charge is 2.40. The fourth-order valence-electron chi connectivity index (χ4n) is 3.89. The molecule has 33 heavy (non-hydrogen) atoms. The predicted octanol–water partition coefficient (Wildman–Crippen LogP) is 4.46. The Bertz CT molecular complexity index is 1250. The molecule has 1 aliphatic rings. The van der Waals surface area contributed by atoms with Gasteiger partial charge >= 0.3 is 0 Å². The Balaban J connectivity index is 1.54. The van der Waals surface area contributed by atoms with Crippen LogP contribution in [0.3, 0.4) is 0 Å². The molecule has 174 valence electrons. The predicted molar refractivity (Wildman–Crippen MR) is 127 cm³/mol. The third-order valence-corrected chi connectivity index (χ3v) is 8.63. The number of aryl methyl sites for hydroxylation is 1. The van der Waals surface area contributed by atoms with Crippen LogP contribution in [-0.2, 0) is 10.0 Å². The van der Waals surface area contributed by atoms with Gasteiger partial charge in [0.15, 0.2) is 0 Å². The smallest absolute Gasteiger partial charge is 0.270 e. The first-order chi connectivity index (χ1) is 15.7. The van der Waals surface area contributed by atoms with Gasteiger partial charge in [-0.15, -0.1) is 10.2 Å². The normalized spacial score (nSPS) is 17.1. The average molecular weight is 487 g/mol. The number of ether oxygens (including phenoxy) is 1. The van der Waals surface area contributed by atoms with Crippen LogP contribution in [0.5, 0.6) is 5.75 Å². The summed E-state index contributed by atoms with van der Waals surface area (Å²) in [7, 11) is -3.97. The van der Waals surface area contributed by atoms with Crippen LogP contribution in [0.4, 0.5) is 5.13 Å². The van der Waals surface area contributed by atoms with E-state index in [1.54, 1.807) is 12.1 Å². The van der Waals surface area contributed by atoms with Crippen molar-refractivity contribution in [3.63, 3.8) is 0 Å². The summed E-state index contributed by atoms with van der Waals surface area (Å²) in [5.41, 5.74) is 1.82. The third kappa shape index (κ3) is 4.92. The zero-order chi connectivity index (χ0) is 23.6. The molecule has 2 aromatic carbocycles. The molecule has 0 aliphatic carbocycles. The second-order valence-corrected chi connectivity index (χ2v) is 11.0. The van der Waals surface area contributed by atoms with Crippen molar-refractivity contribution < 1.29 is 17.9 Å². The van der Waals surface area contributed by atoms with Crippen molar-refractivity contribution in [1.29, 1.82) is 0 Å². The van der Waals surface area contributed by atoms with Gasteiger partial charge in [-0.05, 0) is 38.0 Å². The molecular weight excluding hydrogens is 460 g/mol. The maximum atomic E-state index is 13.1. The summed E-state index contributed by atoms with van der Waals surface area (Å²) in [5.74, 6) is 0.306. The van der Waals surface area contributed by atoms with E-state index in [0.717, 1.165) is 35.3 Å². The molecule has 10 heteroatoms. The molecule has 0 saturated heterocycles. The number of sulfonamides is 1. The molecular formula is C23H26N4O4S2. The summed E-state index contributed by atoms with van der Waals surface area (Å²) in [6, 6.07) is 14.0. The Kier molecular flexibility index (Phi) is 6.51. The summed E-state index contributed by atoms with van der Waals surface area (Å²) in [5, 5.41) is 10.4. The summed E-state index contributed by atoms with van der Waals surface area (Å²) in [4.78, 5) is 12.4. The van der Waals surface area contributed by atoms with Crippen LogP contribution in [-0.4, -0.2) is 30.1 Å². The minimum atomic E-state index is -3.97. The Morgan fingerprint density at radius 1 is 1.12 bits per heavy atom. The highest BCUT2D eigenvalue weighted by atomic mass is 32.2. The van der Waals surface area contributed by atoms with Gasteiger partial charge in [0.2, 0.25) is 9.47 Å². The fourth-order valence-corrected chi connectivity index (χ4v) is 6.01. The maximum absolute atomic E-state index is 13.1. The first-order valence-corrected chi connectivity index (χ1v) is 13.1. The molecule has 1 atom stereocenters. The lowest BCUT2D eigenvalue weighted by molar-refractivity contribution is 0.0260. The highest BCUT2D eigenvalue weighted by molar-refractivity contribution is 7.91. The first kappa shape index (κ1) is 23.3. The van der Waals surface area contributed by atoms with Crippen LogP contribution in [0.2, 0.25) is 0 Å². The van der Waals surface area contributed by atoms with Crippen molar-refractivity contribution in [3.05, 3.63) is 65.2 Å². The molecule has 8 nitrogen and oxygen atoms in total. The summed E-state index contributed by atoms with van der Waals surface area (Å²) in [6.45, 7) is 6.01. The molecule has 2 N–H and O–H groups in total. The second kappa shape index (κ2) is 9.20. The number of para-hydroxylation sites is 1. The lowest BCUT2D eigenvalue weighted by Gasteiger charge is -2.41. The van der Waals surface area contributed by atoms with Crippen molar-refractivity contribution in [2.75, 3.05) is 5.32 Å². The van der Waals surface area contributed by atoms with Crippen molar-refractivity contribution in [1.82, 2.24) is 14.9 Å². The van der Waals surface area contributed by atoms with Gasteiger partial charge in [-0.3, -0.25) is 10.1 Å². The standard InChI is InChI=1S/C23H26N4O4S2/c1-4-23(5-2)14-18(17-8-6-7-9-19(17)31-23)27-33(29,30)22-26-25-21(32-22)24-20(28)16-12-10-15(3)11-13-16/h6-13,18,27H,4-5,14H2,1-3H3,(H,24,25,28)/t18-/m1/s1. The summed E-state index contributed by atoms with van der Waals surface area (Å²) < 4.78 is 35.1. The monoisotopic (exact) mass is 486 g/mol. The van der Waals surface area contributed by atoms with Gasteiger partial charge in [0, 0.05) is 17.5 Å². The highest BCUT2D eigenvalue weighted by Crippen LogP contribution is 2.43. The number of nitrogens with zero attached hydrogens (tertiary/aromatic N) is 2. The van der Waals surface area contributed by atoms with Crippen molar-refractivity contribution in [2.24, 2.45) is 0 Å². The molecule has 1 aliphatic heterocycles. The average Bonchev–Trinajstić information content (AvgIpc) is 3.28. The minimum absolute atomic E-state index is 0.116. The molecule has 0 fully saturated rings. The van der Waals surface area contributed by atoms with E-state index in [9.17, 15) is 13.2 Å². The molecule has 0 saturated carbocycles. The van der Waals surface area contributed by atoms with Crippen LogP contribution in [0.15, 0.2) is 52.9 Å². The summed E-state index contributed by atoms with van der Waals surface area (Å²) in [6.07, 6.45) is 2.01. The number of carbonyl (C=O) groups is 1. The van der Waals surface area contributed by atoms with Crippen molar-refractivity contribution >= 4 is 32.4 Å². The van der Waals surface area contributed by atoms with Gasteiger partial charge in [-0.25, -0.2) is 13.1 Å². The van der Waals surface area contributed by atoms with Crippen molar-refractivity contribution in [2.45, 2.75) is 56.0 Å². The lowest BCUT2D eigenvalue weighted by Crippen LogP contribution is -2.44. The van der Waals surface area contributed by atoms with E-state index in [0.29, 0.717) is 17.7 Å². The third-order valence-electron chi connectivity index (χ3n) is 5.95.